The molecule has 2 aliphatic rings. The van der Waals surface area contributed by atoms with Gasteiger partial charge in [-0.3, -0.25) is 0 Å². The number of thiophene rings is 1. The van der Waals surface area contributed by atoms with E-state index >= 15 is 0 Å². The summed E-state index contributed by atoms with van der Waals surface area (Å²) in [5.41, 5.74) is 25.3. The third-order valence-corrected chi connectivity index (χ3v) is 20.4. The van der Waals surface area contributed by atoms with Gasteiger partial charge in [-0.1, -0.05) is 207 Å². The number of benzene rings is 10. The predicted octanol–water partition coefficient (Wildman–Crippen LogP) is 21.9. The van der Waals surface area contributed by atoms with Crippen LogP contribution in [0.25, 0.3) is 58.8 Å². The molecular formula is C82H79BN4OS. The number of fused-ring (bicyclic) bond motifs is 12. The van der Waals surface area contributed by atoms with Gasteiger partial charge in [-0.25, -0.2) is 0 Å². The van der Waals surface area contributed by atoms with Crippen molar-refractivity contribution in [3.05, 3.63) is 234 Å². The van der Waals surface area contributed by atoms with Gasteiger partial charge in [-0.15, -0.1) is 11.3 Å². The largest absolute Gasteiger partial charge is 0.454 e. The molecule has 10 aromatic carbocycles. The third kappa shape index (κ3) is 9.23. The molecule has 0 aliphatic carbocycles. The average molecular weight is 1180 g/mol. The van der Waals surface area contributed by atoms with Gasteiger partial charge in [-0.2, -0.15) is 0 Å². The number of rotatable bonds is 7. The first kappa shape index (κ1) is 56.7. The van der Waals surface area contributed by atoms with Gasteiger partial charge >= 0.3 is 0 Å². The topological polar surface area (TPSA) is 27.8 Å². The van der Waals surface area contributed by atoms with Crippen LogP contribution in [0.4, 0.5) is 51.2 Å². The van der Waals surface area contributed by atoms with Crippen LogP contribution in [-0.4, -0.2) is 11.3 Å². The highest BCUT2D eigenvalue weighted by molar-refractivity contribution is 7.26. The molecule has 3 aromatic heterocycles. The van der Waals surface area contributed by atoms with Gasteiger partial charge in [0.25, 0.3) is 6.71 Å². The van der Waals surface area contributed by atoms with Crippen LogP contribution in [0, 0.1) is 0 Å². The molecule has 5 heterocycles. The number of hydrogen-bond acceptors (Lipinski definition) is 5. The van der Waals surface area contributed by atoms with Crippen LogP contribution in [0.1, 0.15) is 132 Å². The minimum atomic E-state index is -0.167. The lowest BCUT2D eigenvalue weighted by atomic mass is 9.33. The van der Waals surface area contributed by atoms with E-state index in [9.17, 15) is 0 Å². The van der Waals surface area contributed by atoms with Crippen molar-refractivity contribution in [3.8, 4) is 5.69 Å². The van der Waals surface area contributed by atoms with Gasteiger partial charge in [0.1, 0.15) is 11.1 Å². The highest BCUT2D eigenvalue weighted by Crippen LogP contribution is 2.52. The van der Waals surface area contributed by atoms with Gasteiger partial charge < -0.3 is 23.7 Å². The molecule has 0 spiro atoms. The summed E-state index contributed by atoms with van der Waals surface area (Å²) in [7, 11) is 0. The van der Waals surface area contributed by atoms with Gasteiger partial charge in [-0.05, 0) is 174 Å². The Balaban J connectivity index is 1.09. The van der Waals surface area contributed by atoms with E-state index in [2.05, 4.69) is 329 Å². The Labute approximate surface area is 529 Å². The summed E-state index contributed by atoms with van der Waals surface area (Å²) in [5, 5.41) is 4.77. The second-order valence-corrected chi connectivity index (χ2v) is 31.4. The second kappa shape index (κ2) is 19.9. The molecule has 0 fully saturated rings. The van der Waals surface area contributed by atoms with Crippen LogP contribution in [0.15, 0.2) is 211 Å². The fourth-order valence-corrected chi connectivity index (χ4v) is 15.4. The predicted molar refractivity (Wildman–Crippen MR) is 386 cm³/mol. The molecule has 442 valence electrons. The van der Waals surface area contributed by atoms with E-state index in [4.69, 9.17) is 4.42 Å². The number of nitrogens with zero attached hydrogens (tertiary/aromatic N) is 4. The third-order valence-electron chi connectivity index (χ3n) is 19.1. The van der Waals surface area contributed by atoms with Crippen molar-refractivity contribution in [3.63, 3.8) is 0 Å². The molecule has 13 aromatic rings. The molecule has 5 nitrogen and oxygen atoms in total. The highest BCUT2D eigenvalue weighted by Gasteiger charge is 2.45. The van der Waals surface area contributed by atoms with Crippen LogP contribution >= 0.6 is 11.3 Å². The average Bonchev–Trinajstić information content (AvgIpc) is 1.63. The van der Waals surface area contributed by atoms with E-state index in [-0.39, 0.29) is 33.8 Å². The number of hydrogen-bond donors (Lipinski definition) is 0. The summed E-state index contributed by atoms with van der Waals surface area (Å²) in [6, 6.07) is 79.2. The first-order valence-corrected chi connectivity index (χ1v) is 32.7. The number of furan rings is 1. The number of para-hydroxylation sites is 1. The highest BCUT2D eigenvalue weighted by atomic mass is 32.1. The van der Waals surface area contributed by atoms with Gasteiger partial charge in [0.2, 0.25) is 0 Å². The monoisotopic (exact) mass is 1180 g/mol. The van der Waals surface area contributed by atoms with Crippen LogP contribution in [-0.2, 0) is 27.1 Å². The van der Waals surface area contributed by atoms with Crippen molar-refractivity contribution >= 4 is 139 Å². The molecule has 7 heteroatoms. The summed E-state index contributed by atoms with van der Waals surface area (Å²) in [6.45, 7) is 34.5. The quantitative estimate of drug-likeness (QED) is 0.149. The van der Waals surface area contributed by atoms with Crippen LogP contribution in [0.5, 0.6) is 0 Å². The van der Waals surface area contributed by atoms with Crippen molar-refractivity contribution in [2.45, 2.75) is 131 Å². The SMILES string of the molecule is CC(C)(C)c1ccc(N(c2ccc(C(C)(C)C)cc2)c2ccc3c(c2)N(c2cccc4c2sc2ccccc24)c2cc(N(c4ccc(C(C)(C)C)cc4)c4ccc(C(C)(C)C)cc4)cc4c2B3c2cc(C(C)(C)C)cc3c5oc6ccccc6c5n-4c23)cc1. The minimum Gasteiger partial charge on any atom is -0.454 e. The number of aromatic nitrogens is 1. The van der Waals surface area contributed by atoms with E-state index < -0.39 is 0 Å². The fourth-order valence-electron chi connectivity index (χ4n) is 14.1. The first-order valence-electron chi connectivity index (χ1n) is 31.8. The Morgan fingerprint density at radius 3 is 1.35 bits per heavy atom. The Kier molecular flexibility index (Phi) is 12.7. The molecular weight excluding hydrogens is 1100 g/mol. The smallest absolute Gasteiger partial charge is 0.252 e. The Bertz CT molecular complexity index is 4850. The van der Waals surface area contributed by atoms with E-state index in [1.165, 1.54) is 69.9 Å². The maximum atomic E-state index is 7.19. The summed E-state index contributed by atoms with van der Waals surface area (Å²) in [6.07, 6.45) is 0. The Morgan fingerprint density at radius 1 is 0.348 bits per heavy atom. The van der Waals surface area contributed by atoms with Gasteiger partial charge in [0.15, 0.2) is 5.58 Å². The van der Waals surface area contributed by atoms with E-state index in [1.54, 1.807) is 0 Å². The molecule has 0 bridgehead atoms. The molecule has 0 N–H and O–H groups in total. The molecule has 15 rings (SSSR count). The molecule has 0 atom stereocenters. The summed E-state index contributed by atoms with van der Waals surface area (Å²) in [5.74, 6) is 0. The zero-order valence-corrected chi connectivity index (χ0v) is 55.1. The molecule has 2 aliphatic heterocycles. The fraction of sp³-hybridized carbons (Fsp3) is 0.244. The molecule has 89 heavy (non-hydrogen) atoms. The van der Waals surface area contributed by atoms with Crippen LogP contribution < -0.4 is 31.1 Å². The van der Waals surface area contributed by atoms with Crippen LogP contribution in [0.2, 0.25) is 0 Å². The molecule has 0 saturated heterocycles. The molecule has 0 radical (unpaired) electrons. The van der Waals surface area contributed by atoms with Crippen LogP contribution in [0.3, 0.4) is 0 Å². The Morgan fingerprint density at radius 2 is 0.809 bits per heavy atom. The van der Waals surface area contributed by atoms with E-state index in [0.29, 0.717) is 0 Å². The van der Waals surface area contributed by atoms with Crippen molar-refractivity contribution in [2.24, 2.45) is 0 Å². The number of anilines is 9. The molecule has 0 saturated carbocycles. The lowest BCUT2D eigenvalue weighted by Crippen LogP contribution is -2.60. The van der Waals surface area contributed by atoms with Crippen molar-refractivity contribution in [1.29, 1.82) is 0 Å². The van der Waals surface area contributed by atoms with Crippen molar-refractivity contribution in [1.82, 2.24) is 4.57 Å². The van der Waals surface area contributed by atoms with E-state index in [1.807, 2.05) is 11.3 Å². The maximum Gasteiger partial charge on any atom is 0.252 e. The van der Waals surface area contributed by atoms with Crippen molar-refractivity contribution in [2.75, 3.05) is 14.7 Å². The first-order chi connectivity index (χ1) is 42.3. The van der Waals surface area contributed by atoms with Gasteiger partial charge in [0, 0.05) is 71.7 Å². The summed E-state index contributed by atoms with van der Waals surface area (Å²) >= 11 is 1.89. The molecule has 0 amide bonds. The maximum absolute atomic E-state index is 7.19. The van der Waals surface area contributed by atoms with Crippen molar-refractivity contribution < 1.29 is 4.42 Å². The Hall–Kier alpha value is -8.78. The zero-order chi connectivity index (χ0) is 62.0. The summed E-state index contributed by atoms with van der Waals surface area (Å²) in [4.78, 5) is 7.64. The lowest BCUT2D eigenvalue weighted by molar-refractivity contribution is 0.590. The second-order valence-electron chi connectivity index (χ2n) is 30.3. The minimum absolute atomic E-state index is 0.00466. The summed E-state index contributed by atoms with van der Waals surface area (Å²) < 4.78 is 12.3. The van der Waals surface area contributed by atoms with E-state index in [0.717, 1.165) is 84.3 Å². The normalized spacial score (nSPS) is 13.5. The standard InChI is InChI=1S/C82H79BN4OS/c1-78(2,3)50-27-35-55(36-28-50)84(56-37-29-51(30-38-56)79(4,5)6)59-43-44-65-68(47-59)86(67-24-20-23-62-61-21-17-19-26-72(61)89-77(62)67)69-48-60(85(57-39-31-52(32-40-57)80(7,8)9)58-41-33-53(34-42-58)81(10,11)12)49-70-73(69)83(65)66-46-54(82(13,14)15)45-64-74(66)87(70)75-63-22-16-18-25-71(63)88-76(64)75/h16-49H,1-15H3. The van der Waals surface area contributed by atoms with Gasteiger partial charge in [0.05, 0.1) is 21.6 Å². The zero-order valence-electron chi connectivity index (χ0n) is 54.3. The lowest BCUT2D eigenvalue weighted by Gasteiger charge is -2.42. The molecule has 0 unspecified atom stereocenters.